The highest BCUT2D eigenvalue weighted by molar-refractivity contribution is 6.61. The summed E-state index contributed by atoms with van der Waals surface area (Å²) in [5.41, 5.74) is 0.403. The summed E-state index contributed by atoms with van der Waals surface area (Å²) in [6, 6.07) is 0.404. The Morgan fingerprint density at radius 3 is 2.33 bits per heavy atom. The number of hydrogen-bond donors (Lipinski definition) is 0. The second-order valence-corrected chi connectivity index (χ2v) is 6.10. The van der Waals surface area contributed by atoms with E-state index < -0.39 is 0 Å². The molecular formula is C13H23BN2O2. The van der Waals surface area contributed by atoms with Crippen LogP contribution in [0.1, 0.15) is 54.0 Å². The highest BCUT2D eigenvalue weighted by Gasteiger charge is 2.52. The Hall–Kier alpha value is -0.805. The fourth-order valence-corrected chi connectivity index (χ4v) is 1.88. The molecule has 1 atom stereocenters. The summed E-state index contributed by atoms with van der Waals surface area (Å²) in [4.78, 5) is 0. The fourth-order valence-electron chi connectivity index (χ4n) is 1.88. The van der Waals surface area contributed by atoms with Gasteiger partial charge in [0, 0.05) is 23.9 Å². The van der Waals surface area contributed by atoms with Gasteiger partial charge in [-0.1, -0.05) is 6.92 Å². The van der Waals surface area contributed by atoms with Crippen LogP contribution in [0.2, 0.25) is 0 Å². The van der Waals surface area contributed by atoms with Gasteiger partial charge in [-0.2, -0.15) is 5.10 Å². The lowest BCUT2D eigenvalue weighted by Crippen LogP contribution is -2.41. The van der Waals surface area contributed by atoms with E-state index in [2.05, 4.69) is 46.6 Å². The van der Waals surface area contributed by atoms with Crippen LogP contribution < -0.4 is 5.46 Å². The van der Waals surface area contributed by atoms with Crippen molar-refractivity contribution in [1.29, 1.82) is 0 Å². The van der Waals surface area contributed by atoms with Gasteiger partial charge in [-0.3, -0.25) is 4.68 Å². The minimum Gasteiger partial charge on any atom is -0.399 e. The van der Waals surface area contributed by atoms with E-state index in [0.717, 1.165) is 11.9 Å². The molecule has 0 bridgehead atoms. The van der Waals surface area contributed by atoms with E-state index in [1.165, 1.54) is 0 Å². The van der Waals surface area contributed by atoms with Crippen molar-refractivity contribution in [3.8, 4) is 0 Å². The van der Waals surface area contributed by atoms with Gasteiger partial charge in [0.05, 0.1) is 11.2 Å². The topological polar surface area (TPSA) is 36.3 Å². The first-order chi connectivity index (χ1) is 8.27. The normalized spacial score (nSPS) is 23.3. The maximum Gasteiger partial charge on any atom is 0.498 e. The third kappa shape index (κ3) is 2.21. The highest BCUT2D eigenvalue weighted by atomic mass is 16.7. The summed E-state index contributed by atoms with van der Waals surface area (Å²) in [6.45, 7) is 12.6. The second kappa shape index (κ2) is 4.39. The summed E-state index contributed by atoms with van der Waals surface area (Å²) >= 11 is 0. The van der Waals surface area contributed by atoms with Crippen LogP contribution in [0.5, 0.6) is 0 Å². The summed E-state index contributed by atoms with van der Waals surface area (Å²) in [7, 11) is -0.312. The molecule has 0 unspecified atom stereocenters. The summed E-state index contributed by atoms with van der Waals surface area (Å²) in [5, 5.41) is 4.38. The average molecular weight is 250 g/mol. The lowest BCUT2D eigenvalue weighted by atomic mass is 9.82. The lowest BCUT2D eigenvalue weighted by molar-refractivity contribution is 0.00578. The molecule has 1 aliphatic rings. The molecule has 2 heterocycles. The molecule has 1 aromatic heterocycles. The Morgan fingerprint density at radius 1 is 1.28 bits per heavy atom. The van der Waals surface area contributed by atoms with Gasteiger partial charge >= 0.3 is 7.12 Å². The molecule has 0 amide bonds. The zero-order valence-electron chi connectivity index (χ0n) is 12.2. The summed E-state index contributed by atoms with van der Waals surface area (Å²) < 4.78 is 14.0. The molecule has 1 fully saturated rings. The molecule has 0 N–H and O–H groups in total. The fraction of sp³-hybridized carbons (Fsp3) is 0.769. The van der Waals surface area contributed by atoms with Crippen LogP contribution in [0.3, 0.4) is 0 Å². The van der Waals surface area contributed by atoms with Gasteiger partial charge in [0.1, 0.15) is 0 Å². The van der Waals surface area contributed by atoms with E-state index >= 15 is 0 Å². The van der Waals surface area contributed by atoms with E-state index in [1.54, 1.807) is 0 Å². The van der Waals surface area contributed by atoms with Gasteiger partial charge in [-0.05, 0) is 41.0 Å². The third-order valence-corrected chi connectivity index (χ3v) is 4.19. The van der Waals surface area contributed by atoms with Crippen LogP contribution in [0, 0.1) is 0 Å². The molecule has 0 radical (unpaired) electrons. The zero-order chi connectivity index (χ0) is 13.6. The van der Waals surface area contributed by atoms with Gasteiger partial charge in [-0.15, -0.1) is 0 Å². The smallest absolute Gasteiger partial charge is 0.399 e. The first-order valence-electron chi connectivity index (χ1n) is 6.66. The van der Waals surface area contributed by atoms with E-state index in [0.29, 0.717) is 6.04 Å². The van der Waals surface area contributed by atoms with Crippen LogP contribution in [-0.4, -0.2) is 28.1 Å². The zero-order valence-corrected chi connectivity index (χ0v) is 12.2. The maximum absolute atomic E-state index is 6.00. The molecule has 1 aromatic rings. The van der Waals surface area contributed by atoms with Gasteiger partial charge in [-0.25, -0.2) is 0 Å². The predicted octanol–water partition coefficient (Wildman–Crippen LogP) is 2.15. The maximum atomic E-state index is 6.00. The molecule has 1 aliphatic heterocycles. The van der Waals surface area contributed by atoms with Crippen molar-refractivity contribution in [3.05, 3.63) is 12.4 Å². The van der Waals surface area contributed by atoms with Gasteiger partial charge in [0.25, 0.3) is 0 Å². The van der Waals surface area contributed by atoms with Crippen LogP contribution in [0.4, 0.5) is 0 Å². The first-order valence-corrected chi connectivity index (χ1v) is 6.66. The Kier molecular flexibility index (Phi) is 3.32. The molecule has 0 aromatic carbocycles. The minimum atomic E-state index is -0.312. The first kappa shape index (κ1) is 13.6. The van der Waals surface area contributed by atoms with Gasteiger partial charge < -0.3 is 9.31 Å². The Labute approximate surface area is 110 Å². The molecular weight excluding hydrogens is 227 g/mol. The van der Waals surface area contributed by atoms with Crippen molar-refractivity contribution >= 4 is 12.6 Å². The Bertz CT molecular complexity index is 412. The van der Waals surface area contributed by atoms with Crippen molar-refractivity contribution in [1.82, 2.24) is 9.78 Å². The number of nitrogens with zero attached hydrogens (tertiary/aromatic N) is 2. The molecule has 2 rings (SSSR count). The third-order valence-electron chi connectivity index (χ3n) is 4.19. The minimum absolute atomic E-state index is 0.295. The molecule has 4 nitrogen and oxygen atoms in total. The average Bonchev–Trinajstić information content (AvgIpc) is 2.82. The predicted molar refractivity (Wildman–Crippen MR) is 72.9 cm³/mol. The summed E-state index contributed by atoms with van der Waals surface area (Å²) in [6.07, 6.45) is 4.93. The van der Waals surface area contributed by atoms with E-state index in [-0.39, 0.29) is 18.3 Å². The number of aromatic nitrogens is 2. The quantitative estimate of drug-likeness (QED) is 0.771. The van der Waals surface area contributed by atoms with Crippen LogP contribution in [-0.2, 0) is 9.31 Å². The molecule has 0 saturated carbocycles. The van der Waals surface area contributed by atoms with Crippen LogP contribution in [0.25, 0.3) is 0 Å². The molecule has 18 heavy (non-hydrogen) atoms. The van der Waals surface area contributed by atoms with Crippen molar-refractivity contribution < 1.29 is 9.31 Å². The number of hydrogen-bond acceptors (Lipinski definition) is 3. The monoisotopic (exact) mass is 250 g/mol. The highest BCUT2D eigenvalue weighted by Crippen LogP contribution is 2.36. The molecule has 0 spiro atoms. The van der Waals surface area contributed by atoms with Crippen molar-refractivity contribution in [2.75, 3.05) is 0 Å². The van der Waals surface area contributed by atoms with E-state index in [9.17, 15) is 0 Å². The largest absolute Gasteiger partial charge is 0.498 e. The van der Waals surface area contributed by atoms with Crippen molar-refractivity contribution in [3.63, 3.8) is 0 Å². The van der Waals surface area contributed by atoms with Crippen LogP contribution in [0.15, 0.2) is 12.4 Å². The standard InChI is InChI=1S/C13H23BN2O2/c1-7-10(2)16-9-11(8-15-16)14-17-12(3,4)13(5,6)18-14/h8-10H,7H2,1-6H3/t10-/m1/s1. The van der Waals surface area contributed by atoms with Gasteiger partial charge in [0.2, 0.25) is 0 Å². The molecule has 100 valence electrons. The lowest BCUT2D eigenvalue weighted by Gasteiger charge is -2.32. The summed E-state index contributed by atoms with van der Waals surface area (Å²) in [5.74, 6) is 0. The molecule has 1 saturated heterocycles. The second-order valence-electron chi connectivity index (χ2n) is 6.10. The SMILES string of the molecule is CC[C@@H](C)n1cc(B2OC(C)(C)C(C)(C)O2)cn1. The number of rotatable bonds is 3. The Balaban J connectivity index is 2.17. The van der Waals surface area contributed by atoms with Crippen molar-refractivity contribution in [2.24, 2.45) is 0 Å². The van der Waals surface area contributed by atoms with Crippen molar-refractivity contribution in [2.45, 2.75) is 65.2 Å². The van der Waals surface area contributed by atoms with Gasteiger partial charge in [0.15, 0.2) is 0 Å². The van der Waals surface area contributed by atoms with E-state index in [4.69, 9.17) is 9.31 Å². The Morgan fingerprint density at radius 2 is 1.83 bits per heavy atom. The molecule has 0 aliphatic carbocycles. The molecule has 5 heteroatoms. The van der Waals surface area contributed by atoms with Crippen LogP contribution >= 0.6 is 0 Å². The van der Waals surface area contributed by atoms with E-state index in [1.807, 2.05) is 17.1 Å².